The van der Waals surface area contributed by atoms with Crippen LogP contribution in [0.2, 0.25) is 0 Å². The van der Waals surface area contributed by atoms with Gasteiger partial charge >= 0.3 is 0 Å². The predicted molar refractivity (Wildman–Crippen MR) is 82.1 cm³/mol. The van der Waals surface area contributed by atoms with Crippen molar-refractivity contribution < 1.29 is 9.47 Å². The molecule has 0 saturated carbocycles. The van der Waals surface area contributed by atoms with Crippen molar-refractivity contribution in [3.8, 4) is 0 Å². The van der Waals surface area contributed by atoms with Gasteiger partial charge in [-0.3, -0.25) is 4.90 Å². The average molecular weight is 282 g/mol. The Balaban J connectivity index is 1.68. The van der Waals surface area contributed by atoms with E-state index in [4.69, 9.17) is 9.47 Å². The summed E-state index contributed by atoms with van der Waals surface area (Å²) in [5.41, 5.74) is 1.33. The fraction of sp³-hybridized carbons (Fsp3) is 0.875. The highest BCUT2D eigenvalue weighted by Gasteiger charge is 2.35. The minimum absolute atomic E-state index is 0.0841. The molecule has 0 spiro atoms. The molecule has 116 valence electrons. The summed E-state index contributed by atoms with van der Waals surface area (Å²) in [7, 11) is 1.80. The summed E-state index contributed by atoms with van der Waals surface area (Å²) >= 11 is 0. The van der Waals surface area contributed by atoms with Crippen LogP contribution in [0.25, 0.3) is 0 Å². The van der Waals surface area contributed by atoms with E-state index in [1.807, 2.05) is 0 Å². The number of allylic oxidation sites excluding steroid dienone is 1. The van der Waals surface area contributed by atoms with Crippen LogP contribution in [0, 0.1) is 0 Å². The summed E-state index contributed by atoms with van der Waals surface area (Å²) < 4.78 is 11.2. The second-order valence-electron chi connectivity index (χ2n) is 6.43. The average Bonchev–Trinajstić information content (AvgIpc) is 2.93. The predicted octanol–water partition coefficient (Wildman–Crippen LogP) is 1.81. The van der Waals surface area contributed by atoms with Crippen LogP contribution >= 0.6 is 0 Å². The molecule has 1 atom stereocenters. The number of hydrogen-bond donors (Lipinski definition) is 1. The van der Waals surface area contributed by atoms with E-state index in [1.165, 1.54) is 31.5 Å². The molecular weight excluding hydrogens is 252 g/mol. The zero-order chi connectivity index (χ0) is 14.4. The number of hydrogen-bond acceptors (Lipinski definition) is 4. The van der Waals surface area contributed by atoms with E-state index in [0.29, 0.717) is 6.04 Å². The van der Waals surface area contributed by atoms with Gasteiger partial charge in [0.2, 0.25) is 0 Å². The quantitative estimate of drug-likeness (QED) is 0.753. The smallest absolute Gasteiger partial charge is 0.106 e. The summed E-state index contributed by atoms with van der Waals surface area (Å²) in [5.74, 6) is 0. The minimum Gasteiger partial charge on any atom is -0.378 e. The van der Waals surface area contributed by atoms with E-state index in [9.17, 15) is 0 Å². The zero-order valence-electron chi connectivity index (χ0n) is 13.3. The van der Waals surface area contributed by atoms with Crippen LogP contribution in [-0.4, -0.2) is 63.0 Å². The van der Waals surface area contributed by atoms with Crippen LogP contribution in [-0.2, 0) is 9.47 Å². The molecule has 2 rings (SSSR count). The number of ether oxygens (including phenoxy) is 2. The van der Waals surface area contributed by atoms with Crippen molar-refractivity contribution in [3.05, 3.63) is 11.6 Å². The third-order valence-electron chi connectivity index (χ3n) is 4.56. The summed E-state index contributed by atoms with van der Waals surface area (Å²) in [6.07, 6.45) is 5.80. The molecule has 0 aromatic carbocycles. The fourth-order valence-corrected chi connectivity index (χ4v) is 2.92. The van der Waals surface area contributed by atoms with Gasteiger partial charge in [0.15, 0.2) is 0 Å². The summed E-state index contributed by atoms with van der Waals surface area (Å²) in [6, 6.07) is 0.630. The molecule has 0 aromatic rings. The van der Waals surface area contributed by atoms with Crippen molar-refractivity contribution in [1.29, 1.82) is 0 Å². The molecule has 0 radical (unpaired) electrons. The molecule has 1 unspecified atom stereocenters. The standard InChI is InChI=1S/C16H30N2O2/c1-14(2)4-8-18-9-5-15(6-10-18)17-12-16(19-3)7-11-20-13-16/h4,15,17H,5-13H2,1-3H3. The monoisotopic (exact) mass is 282 g/mol. The van der Waals surface area contributed by atoms with Gasteiger partial charge in [-0.25, -0.2) is 0 Å². The first-order valence-electron chi connectivity index (χ1n) is 7.85. The van der Waals surface area contributed by atoms with Gasteiger partial charge in [0.25, 0.3) is 0 Å². The molecule has 0 amide bonds. The maximum absolute atomic E-state index is 5.67. The van der Waals surface area contributed by atoms with E-state index in [1.54, 1.807) is 7.11 Å². The van der Waals surface area contributed by atoms with E-state index in [2.05, 4.69) is 30.1 Å². The third kappa shape index (κ3) is 4.55. The Labute approximate surface area is 123 Å². The van der Waals surface area contributed by atoms with Gasteiger partial charge in [-0.2, -0.15) is 0 Å². The molecule has 2 aliphatic heterocycles. The summed E-state index contributed by atoms with van der Waals surface area (Å²) in [6.45, 7) is 10.3. The Morgan fingerprint density at radius 3 is 2.70 bits per heavy atom. The van der Waals surface area contributed by atoms with Gasteiger partial charge in [-0.15, -0.1) is 0 Å². The number of nitrogens with one attached hydrogen (secondary N) is 1. The maximum atomic E-state index is 5.67. The Morgan fingerprint density at radius 2 is 2.15 bits per heavy atom. The molecule has 2 saturated heterocycles. The highest BCUT2D eigenvalue weighted by atomic mass is 16.5. The van der Waals surface area contributed by atoms with E-state index >= 15 is 0 Å². The molecule has 4 nitrogen and oxygen atoms in total. The Bertz CT molecular complexity index is 312. The van der Waals surface area contributed by atoms with Crippen LogP contribution < -0.4 is 5.32 Å². The normalized spacial score (nSPS) is 28.8. The highest BCUT2D eigenvalue weighted by molar-refractivity contribution is 4.96. The summed E-state index contributed by atoms with van der Waals surface area (Å²) in [5, 5.41) is 3.69. The largest absolute Gasteiger partial charge is 0.378 e. The van der Waals surface area contributed by atoms with Crippen molar-refractivity contribution in [2.75, 3.05) is 46.5 Å². The Morgan fingerprint density at radius 1 is 1.40 bits per heavy atom. The molecule has 2 heterocycles. The van der Waals surface area contributed by atoms with Crippen molar-refractivity contribution in [3.63, 3.8) is 0 Å². The lowest BCUT2D eigenvalue weighted by Gasteiger charge is -2.34. The number of methoxy groups -OCH3 is 1. The van der Waals surface area contributed by atoms with Crippen LogP contribution in [0.3, 0.4) is 0 Å². The molecule has 0 bridgehead atoms. The van der Waals surface area contributed by atoms with Crippen molar-refractivity contribution >= 4 is 0 Å². The number of piperidine rings is 1. The lowest BCUT2D eigenvalue weighted by atomic mass is 10.00. The van der Waals surface area contributed by atoms with Crippen molar-refractivity contribution in [2.24, 2.45) is 0 Å². The first-order chi connectivity index (χ1) is 9.63. The van der Waals surface area contributed by atoms with E-state index < -0.39 is 0 Å². The first kappa shape index (κ1) is 16.0. The molecule has 2 aliphatic rings. The first-order valence-corrected chi connectivity index (χ1v) is 7.85. The van der Waals surface area contributed by atoms with Gasteiger partial charge in [0.05, 0.1) is 6.61 Å². The topological polar surface area (TPSA) is 33.7 Å². The van der Waals surface area contributed by atoms with E-state index in [0.717, 1.165) is 32.7 Å². The van der Waals surface area contributed by atoms with Gasteiger partial charge in [0, 0.05) is 39.3 Å². The number of likely N-dealkylation sites (tertiary alicyclic amines) is 1. The van der Waals surface area contributed by atoms with Crippen molar-refractivity contribution in [2.45, 2.75) is 44.8 Å². The molecular formula is C16H30N2O2. The Hall–Kier alpha value is -0.420. The highest BCUT2D eigenvalue weighted by Crippen LogP contribution is 2.22. The van der Waals surface area contributed by atoms with E-state index in [-0.39, 0.29) is 5.60 Å². The molecule has 0 aliphatic carbocycles. The third-order valence-corrected chi connectivity index (χ3v) is 4.56. The van der Waals surface area contributed by atoms with Crippen LogP contribution in [0.15, 0.2) is 11.6 Å². The molecule has 2 fully saturated rings. The molecule has 20 heavy (non-hydrogen) atoms. The summed E-state index contributed by atoms with van der Waals surface area (Å²) in [4.78, 5) is 2.54. The number of nitrogens with zero attached hydrogens (tertiary/aromatic N) is 1. The fourth-order valence-electron chi connectivity index (χ4n) is 2.92. The van der Waals surface area contributed by atoms with Gasteiger partial charge in [-0.1, -0.05) is 11.6 Å². The SMILES string of the molecule is COC1(CNC2CCN(CC=C(C)C)CC2)CCOC1. The van der Waals surface area contributed by atoms with Crippen molar-refractivity contribution in [1.82, 2.24) is 10.2 Å². The maximum Gasteiger partial charge on any atom is 0.106 e. The molecule has 4 heteroatoms. The second-order valence-corrected chi connectivity index (χ2v) is 6.43. The second kappa shape index (κ2) is 7.55. The number of rotatable bonds is 6. The lowest BCUT2D eigenvalue weighted by molar-refractivity contribution is -0.0187. The van der Waals surface area contributed by atoms with Gasteiger partial charge in [0.1, 0.15) is 5.60 Å². The minimum atomic E-state index is -0.0841. The van der Waals surface area contributed by atoms with Gasteiger partial charge < -0.3 is 14.8 Å². The molecule has 1 N–H and O–H groups in total. The zero-order valence-corrected chi connectivity index (χ0v) is 13.3. The van der Waals surface area contributed by atoms with Crippen LogP contribution in [0.4, 0.5) is 0 Å². The molecule has 0 aromatic heterocycles. The van der Waals surface area contributed by atoms with Gasteiger partial charge in [-0.05, 0) is 39.8 Å². The lowest BCUT2D eigenvalue weighted by Crippen LogP contribution is -2.49. The van der Waals surface area contributed by atoms with Crippen LogP contribution in [0.1, 0.15) is 33.1 Å². The Kier molecular flexibility index (Phi) is 6.02. The van der Waals surface area contributed by atoms with Crippen LogP contribution in [0.5, 0.6) is 0 Å².